The van der Waals surface area contributed by atoms with Crippen LogP contribution in [0.3, 0.4) is 0 Å². The van der Waals surface area contributed by atoms with Crippen molar-refractivity contribution < 1.29 is 13.6 Å². The van der Waals surface area contributed by atoms with Gasteiger partial charge in [-0.2, -0.15) is 0 Å². The molecule has 0 spiro atoms. The number of nitrogens with one attached hydrogen (secondary N) is 1. The number of nitrogens with zero attached hydrogens (tertiary/aromatic N) is 3. The Hall–Kier alpha value is -3.19. The number of para-hydroxylation sites is 1. The van der Waals surface area contributed by atoms with Crippen molar-refractivity contribution in [2.75, 3.05) is 18.4 Å². The molecule has 1 N–H and O–H groups in total. The molecule has 1 aliphatic heterocycles. The molecule has 7 heteroatoms. The van der Waals surface area contributed by atoms with E-state index in [0.717, 1.165) is 47.8 Å². The first-order chi connectivity index (χ1) is 15.4. The quantitative estimate of drug-likeness (QED) is 0.616. The Bertz CT molecular complexity index is 1110. The summed E-state index contributed by atoms with van der Waals surface area (Å²) in [6, 6.07) is 12.8. The first-order valence-corrected chi connectivity index (χ1v) is 10.7. The number of anilines is 1. The number of likely N-dealkylation sites (tertiary alicyclic amines) is 1. The summed E-state index contributed by atoms with van der Waals surface area (Å²) in [6.45, 7) is 6.16. The van der Waals surface area contributed by atoms with Crippen molar-refractivity contribution in [1.82, 2.24) is 14.9 Å². The Morgan fingerprint density at radius 3 is 2.56 bits per heavy atom. The molecule has 0 radical (unpaired) electrons. The third kappa shape index (κ3) is 5.16. The number of aryl methyl sites for hydroxylation is 2. The van der Waals surface area contributed by atoms with Gasteiger partial charge in [-0.05, 0) is 56.6 Å². The molecule has 2 heterocycles. The summed E-state index contributed by atoms with van der Waals surface area (Å²) in [7, 11) is 0. The maximum absolute atomic E-state index is 13.8. The van der Waals surface area contributed by atoms with Crippen LogP contribution in [0.15, 0.2) is 48.5 Å². The van der Waals surface area contributed by atoms with Crippen LogP contribution in [-0.2, 0) is 17.8 Å². The van der Waals surface area contributed by atoms with Gasteiger partial charge in [0.05, 0.1) is 12.1 Å². The third-order valence-corrected chi connectivity index (χ3v) is 5.86. The van der Waals surface area contributed by atoms with Gasteiger partial charge >= 0.3 is 0 Å². The van der Waals surface area contributed by atoms with E-state index in [2.05, 4.69) is 10.2 Å². The van der Waals surface area contributed by atoms with Crippen LogP contribution in [0.2, 0.25) is 0 Å². The predicted octanol–water partition coefficient (Wildman–Crippen LogP) is 4.54. The van der Waals surface area contributed by atoms with E-state index in [9.17, 15) is 13.6 Å². The Morgan fingerprint density at radius 2 is 1.84 bits per heavy atom. The van der Waals surface area contributed by atoms with Crippen molar-refractivity contribution in [2.45, 2.75) is 39.2 Å². The van der Waals surface area contributed by atoms with Gasteiger partial charge in [0, 0.05) is 36.0 Å². The van der Waals surface area contributed by atoms with E-state index in [0.29, 0.717) is 6.54 Å². The third-order valence-electron chi connectivity index (χ3n) is 5.86. The highest BCUT2D eigenvalue weighted by molar-refractivity contribution is 5.92. The van der Waals surface area contributed by atoms with Crippen molar-refractivity contribution in [3.8, 4) is 0 Å². The lowest BCUT2D eigenvalue weighted by molar-refractivity contribution is -0.115. The van der Waals surface area contributed by atoms with Gasteiger partial charge in [0.2, 0.25) is 5.91 Å². The normalized spacial score (nSPS) is 16.3. The molecule has 2 aromatic carbocycles. The number of hydrogen-bond acceptors (Lipinski definition) is 4. The SMILES string of the molecule is Cc1nc(C2CCN(Cc3cccc(F)c3)C2)nc(C)c1CC(=O)Nc1ccccc1F. The molecule has 1 aromatic heterocycles. The smallest absolute Gasteiger partial charge is 0.229 e. The maximum Gasteiger partial charge on any atom is 0.229 e. The fourth-order valence-electron chi connectivity index (χ4n) is 4.20. The van der Waals surface area contributed by atoms with Crippen LogP contribution in [0.25, 0.3) is 0 Å². The second-order valence-electron chi connectivity index (χ2n) is 8.29. The van der Waals surface area contributed by atoms with E-state index in [4.69, 9.17) is 9.97 Å². The average Bonchev–Trinajstić information content (AvgIpc) is 3.21. The largest absolute Gasteiger partial charge is 0.323 e. The molecule has 5 nitrogen and oxygen atoms in total. The fourth-order valence-corrected chi connectivity index (χ4v) is 4.20. The van der Waals surface area contributed by atoms with Crippen LogP contribution in [0.5, 0.6) is 0 Å². The molecule has 1 aliphatic rings. The van der Waals surface area contributed by atoms with Crippen molar-refractivity contribution >= 4 is 11.6 Å². The number of halogens is 2. The van der Waals surface area contributed by atoms with Gasteiger partial charge in [0.1, 0.15) is 17.5 Å². The van der Waals surface area contributed by atoms with Gasteiger partial charge in [-0.15, -0.1) is 0 Å². The number of hydrogen-bond donors (Lipinski definition) is 1. The Kier molecular flexibility index (Phi) is 6.55. The first kappa shape index (κ1) is 22.0. The van der Waals surface area contributed by atoms with E-state index in [1.807, 2.05) is 19.9 Å². The molecule has 1 atom stereocenters. The zero-order chi connectivity index (χ0) is 22.7. The standard InChI is InChI=1S/C25H26F2N4O/c1-16-21(13-24(32)30-23-9-4-3-8-22(23)27)17(2)29-25(28-16)19-10-11-31(15-19)14-18-6-5-7-20(26)12-18/h3-9,12,19H,10-11,13-15H2,1-2H3,(H,30,32). The molecule has 1 amide bonds. The average molecular weight is 437 g/mol. The Morgan fingerprint density at radius 1 is 1.09 bits per heavy atom. The van der Waals surface area contributed by atoms with Gasteiger partial charge in [-0.3, -0.25) is 9.69 Å². The van der Waals surface area contributed by atoms with E-state index < -0.39 is 5.82 Å². The summed E-state index contributed by atoms with van der Waals surface area (Å²) in [5, 5.41) is 2.61. The Labute approximate surface area is 186 Å². The minimum atomic E-state index is -0.468. The molecule has 32 heavy (non-hydrogen) atoms. The highest BCUT2D eigenvalue weighted by Gasteiger charge is 2.27. The lowest BCUT2D eigenvalue weighted by Gasteiger charge is -2.17. The summed E-state index contributed by atoms with van der Waals surface area (Å²) in [5.74, 6) is -0.0191. The van der Waals surface area contributed by atoms with Crippen molar-refractivity contribution in [3.63, 3.8) is 0 Å². The Balaban J connectivity index is 1.41. The number of rotatable bonds is 6. The summed E-state index contributed by atoms with van der Waals surface area (Å²) < 4.78 is 27.3. The zero-order valence-corrected chi connectivity index (χ0v) is 18.2. The van der Waals surface area contributed by atoms with Crippen LogP contribution >= 0.6 is 0 Å². The van der Waals surface area contributed by atoms with Crippen LogP contribution in [0.1, 0.15) is 40.7 Å². The number of carbonyl (C=O) groups excluding carboxylic acids is 1. The molecule has 3 aromatic rings. The summed E-state index contributed by atoms with van der Waals surface area (Å²) in [4.78, 5) is 24.1. The van der Waals surface area contributed by atoms with Crippen LogP contribution in [0, 0.1) is 25.5 Å². The highest BCUT2D eigenvalue weighted by atomic mass is 19.1. The summed E-state index contributed by atoms with van der Waals surface area (Å²) >= 11 is 0. The second-order valence-corrected chi connectivity index (χ2v) is 8.29. The topological polar surface area (TPSA) is 58.1 Å². The molecule has 0 aliphatic carbocycles. The van der Waals surface area contributed by atoms with E-state index in [1.54, 1.807) is 24.3 Å². The van der Waals surface area contributed by atoms with Gasteiger partial charge in [0.25, 0.3) is 0 Å². The fraction of sp³-hybridized carbons (Fsp3) is 0.320. The monoisotopic (exact) mass is 436 g/mol. The number of benzene rings is 2. The molecular formula is C25H26F2N4O. The lowest BCUT2D eigenvalue weighted by Crippen LogP contribution is -2.21. The van der Waals surface area contributed by atoms with Crippen LogP contribution < -0.4 is 5.32 Å². The number of aromatic nitrogens is 2. The zero-order valence-electron chi connectivity index (χ0n) is 18.2. The maximum atomic E-state index is 13.8. The molecule has 0 saturated carbocycles. The number of amides is 1. The summed E-state index contributed by atoms with van der Waals surface area (Å²) in [6.07, 6.45) is 1.02. The van der Waals surface area contributed by atoms with Gasteiger partial charge in [0.15, 0.2) is 0 Å². The van der Waals surface area contributed by atoms with E-state index in [1.165, 1.54) is 18.2 Å². The minimum Gasteiger partial charge on any atom is -0.323 e. The van der Waals surface area contributed by atoms with Crippen molar-refractivity contribution in [2.24, 2.45) is 0 Å². The molecular weight excluding hydrogens is 410 g/mol. The van der Waals surface area contributed by atoms with Crippen molar-refractivity contribution in [1.29, 1.82) is 0 Å². The van der Waals surface area contributed by atoms with Gasteiger partial charge < -0.3 is 5.32 Å². The lowest BCUT2D eigenvalue weighted by atomic mass is 10.0. The minimum absolute atomic E-state index is 0.0860. The molecule has 4 rings (SSSR count). The van der Waals surface area contributed by atoms with E-state index in [-0.39, 0.29) is 29.8 Å². The van der Waals surface area contributed by atoms with Gasteiger partial charge in [-0.1, -0.05) is 24.3 Å². The van der Waals surface area contributed by atoms with Crippen LogP contribution in [0.4, 0.5) is 14.5 Å². The predicted molar refractivity (Wildman–Crippen MR) is 119 cm³/mol. The van der Waals surface area contributed by atoms with Crippen LogP contribution in [-0.4, -0.2) is 33.9 Å². The summed E-state index contributed by atoms with van der Waals surface area (Å²) in [5.41, 5.74) is 3.40. The second kappa shape index (κ2) is 9.53. The van der Waals surface area contributed by atoms with Gasteiger partial charge in [-0.25, -0.2) is 18.7 Å². The number of carbonyl (C=O) groups is 1. The molecule has 1 unspecified atom stereocenters. The molecule has 0 bridgehead atoms. The van der Waals surface area contributed by atoms with E-state index >= 15 is 0 Å². The van der Waals surface area contributed by atoms with Crippen molar-refractivity contribution in [3.05, 3.63) is 88.5 Å². The highest BCUT2D eigenvalue weighted by Crippen LogP contribution is 2.27. The molecule has 1 fully saturated rings. The molecule has 166 valence electrons. The molecule has 1 saturated heterocycles. The first-order valence-electron chi connectivity index (χ1n) is 10.7.